The molecule has 40 heavy (non-hydrogen) atoms. The first-order valence-electron chi connectivity index (χ1n) is 13.4. The van der Waals surface area contributed by atoms with E-state index in [1.54, 1.807) is 29.3 Å². The number of carbonyl (C=O) groups is 2. The Bertz CT molecular complexity index is 1430. The Hall–Kier alpha value is -3.71. The summed E-state index contributed by atoms with van der Waals surface area (Å²) in [6.07, 6.45) is 4.67. The molecule has 0 aliphatic carbocycles. The van der Waals surface area contributed by atoms with Crippen molar-refractivity contribution in [3.8, 4) is 0 Å². The predicted octanol–water partition coefficient (Wildman–Crippen LogP) is 1.41. The largest absolute Gasteiger partial charge is 0.361 e. The van der Waals surface area contributed by atoms with Gasteiger partial charge >= 0.3 is 6.03 Å². The quantitative estimate of drug-likeness (QED) is 0.309. The van der Waals surface area contributed by atoms with Crippen LogP contribution in [0.4, 0.5) is 10.5 Å². The molecule has 1 atom stereocenters. The highest BCUT2D eigenvalue weighted by Gasteiger charge is 2.34. The van der Waals surface area contributed by atoms with Gasteiger partial charge in [0.1, 0.15) is 6.17 Å². The average molecular weight is 566 g/mol. The first-order valence-corrected chi connectivity index (χ1v) is 14.9. The first-order chi connectivity index (χ1) is 19.3. The second kappa shape index (κ2) is 11.8. The highest BCUT2D eigenvalue weighted by molar-refractivity contribution is 7.89. The highest BCUT2D eigenvalue weighted by Crippen LogP contribution is 2.30. The molecule has 1 unspecified atom stereocenters. The maximum Gasteiger partial charge on any atom is 0.327 e. The maximum atomic E-state index is 13.9. The number of hydrogen-bond acceptors (Lipinski definition) is 7. The van der Waals surface area contributed by atoms with Gasteiger partial charge in [0.2, 0.25) is 15.9 Å². The van der Waals surface area contributed by atoms with Gasteiger partial charge in [-0.25, -0.2) is 13.2 Å². The smallest absolute Gasteiger partial charge is 0.327 e. The molecule has 3 amide bonds. The van der Waals surface area contributed by atoms with Gasteiger partial charge in [-0.05, 0) is 67.4 Å². The summed E-state index contributed by atoms with van der Waals surface area (Å²) in [7, 11) is -3.84. The molecular formula is C28H35N7O4S. The number of amides is 3. The average Bonchev–Trinajstić information content (AvgIpc) is 3.38. The Morgan fingerprint density at radius 2 is 1.88 bits per heavy atom. The van der Waals surface area contributed by atoms with Crippen molar-refractivity contribution in [3.05, 3.63) is 77.5 Å². The van der Waals surface area contributed by atoms with E-state index in [-0.39, 0.29) is 36.0 Å². The molecule has 12 heteroatoms. The number of sulfonamides is 1. The minimum absolute atomic E-state index is 0.152. The Morgan fingerprint density at radius 3 is 2.58 bits per heavy atom. The lowest BCUT2D eigenvalue weighted by atomic mass is 10.1. The van der Waals surface area contributed by atoms with E-state index >= 15 is 0 Å². The number of nitrogens with one attached hydrogen (secondary N) is 4. The molecule has 3 heterocycles. The van der Waals surface area contributed by atoms with Crippen LogP contribution in [0.1, 0.15) is 30.9 Å². The Labute approximate surface area is 234 Å². The summed E-state index contributed by atoms with van der Waals surface area (Å²) in [5, 5.41) is 12.3. The lowest BCUT2D eigenvalue weighted by Crippen LogP contribution is -2.51. The number of nitrogens with two attached hydrogens (primary N) is 1. The third-order valence-corrected chi connectivity index (χ3v) is 9.28. The van der Waals surface area contributed by atoms with Crippen molar-refractivity contribution in [2.24, 2.45) is 5.73 Å². The molecule has 5 rings (SSSR count). The van der Waals surface area contributed by atoms with Crippen molar-refractivity contribution < 1.29 is 18.0 Å². The molecule has 2 aromatic rings. The molecule has 0 bridgehead atoms. The fourth-order valence-electron chi connectivity index (χ4n) is 5.21. The van der Waals surface area contributed by atoms with Crippen LogP contribution in [0.15, 0.2) is 71.3 Å². The number of piperidine rings is 1. The zero-order chi connectivity index (χ0) is 28.3. The standard InChI is InChI=1S/C28H35N7O4S/c1-19(36)31-13-14-35(24-9-11-30-12-10-24)40(38,39)25-4-2-3-21(15-25)26-16-22-18-34(28(37)33-27(22)32-26)23-7-5-20(17-29)6-8-23/h2-8,15-16,18,24,27,30,32H,9-14,17,29H2,1H3,(H,31,36)(H,33,37). The van der Waals surface area contributed by atoms with Crippen molar-refractivity contribution in [3.63, 3.8) is 0 Å². The molecule has 0 radical (unpaired) electrons. The number of urea groups is 1. The van der Waals surface area contributed by atoms with E-state index < -0.39 is 16.2 Å². The van der Waals surface area contributed by atoms with E-state index in [2.05, 4.69) is 21.3 Å². The molecule has 0 saturated carbocycles. The number of anilines is 1. The molecule has 11 nitrogen and oxygen atoms in total. The molecule has 1 saturated heterocycles. The van der Waals surface area contributed by atoms with Crippen LogP contribution in [0.25, 0.3) is 5.70 Å². The molecular weight excluding hydrogens is 530 g/mol. The van der Waals surface area contributed by atoms with Gasteiger partial charge < -0.3 is 27.0 Å². The van der Waals surface area contributed by atoms with Gasteiger partial charge in [-0.3, -0.25) is 9.69 Å². The lowest BCUT2D eigenvalue weighted by Gasteiger charge is -2.34. The summed E-state index contributed by atoms with van der Waals surface area (Å²) in [5.41, 5.74) is 9.62. The normalized spacial score (nSPS) is 19.4. The molecule has 3 aliphatic heterocycles. The van der Waals surface area contributed by atoms with Gasteiger partial charge in [0, 0.05) is 50.1 Å². The minimum atomic E-state index is -3.84. The van der Waals surface area contributed by atoms with E-state index in [1.807, 2.05) is 36.4 Å². The topological polar surface area (TPSA) is 149 Å². The van der Waals surface area contributed by atoms with Crippen LogP contribution in [-0.2, 0) is 21.4 Å². The van der Waals surface area contributed by atoms with Crippen LogP contribution in [0, 0.1) is 0 Å². The van der Waals surface area contributed by atoms with E-state index in [0.717, 1.165) is 24.2 Å². The molecule has 0 aromatic heterocycles. The zero-order valence-electron chi connectivity index (χ0n) is 22.4. The van der Waals surface area contributed by atoms with Gasteiger partial charge in [-0.15, -0.1) is 0 Å². The monoisotopic (exact) mass is 565 g/mol. The van der Waals surface area contributed by atoms with Crippen LogP contribution in [0.3, 0.4) is 0 Å². The van der Waals surface area contributed by atoms with Gasteiger partial charge in [0.05, 0.1) is 10.6 Å². The fourth-order valence-corrected chi connectivity index (χ4v) is 6.94. The molecule has 0 spiro atoms. The van der Waals surface area contributed by atoms with Crippen LogP contribution < -0.4 is 31.9 Å². The SMILES string of the molecule is CC(=O)NCCN(C1CCNCC1)S(=O)(=O)c1cccc(C2=CC3=CN(c4ccc(CN)cc4)C(=O)NC3N2)c1. The van der Waals surface area contributed by atoms with Crippen molar-refractivity contribution in [1.82, 2.24) is 25.6 Å². The molecule has 3 aliphatic rings. The molecule has 1 fully saturated rings. The number of rotatable bonds is 9. The molecule has 2 aromatic carbocycles. The van der Waals surface area contributed by atoms with Crippen molar-refractivity contribution in [2.45, 2.75) is 43.4 Å². The van der Waals surface area contributed by atoms with Crippen molar-refractivity contribution in [2.75, 3.05) is 31.1 Å². The Balaban J connectivity index is 1.40. The first kappa shape index (κ1) is 27.8. The third-order valence-electron chi connectivity index (χ3n) is 7.33. The minimum Gasteiger partial charge on any atom is -0.361 e. The third kappa shape index (κ3) is 5.89. The number of nitrogens with zero attached hydrogens (tertiary/aromatic N) is 2. The van der Waals surface area contributed by atoms with Gasteiger partial charge in [0.25, 0.3) is 0 Å². The summed E-state index contributed by atoms with van der Waals surface area (Å²) in [6.45, 7) is 3.76. The molecule has 6 N–H and O–H groups in total. The van der Waals surface area contributed by atoms with Gasteiger partial charge in [-0.2, -0.15) is 4.31 Å². The van der Waals surface area contributed by atoms with E-state index in [0.29, 0.717) is 36.3 Å². The predicted molar refractivity (Wildman–Crippen MR) is 153 cm³/mol. The summed E-state index contributed by atoms with van der Waals surface area (Å²) in [4.78, 5) is 26.0. The van der Waals surface area contributed by atoms with Crippen LogP contribution >= 0.6 is 0 Å². The second-order valence-corrected chi connectivity index (χ2v) is 12.0. The van der Waals surface area contributed by atoms with Crippen LogP contribution in [-0.4, -0.2) is 63.0 Å². The fraction of sp³-hybridized carbons (Fsp3) is 0.357. The van der Waals surface area contributed by atoms with Crippen LogP contribution in [0.5, 0.6) is 0 Å². The summed E-state index contributed by atoms with van der Waals surface area (Å²) < 4.78 is 29.3. The number of hydrogen-bond donors (Lipinski definition) is 5. The van der Waals surface area contributed by atoms with Gasteiger partial charge in [-0.1, -0.05) is 24.3 Å². The second-order valence-electron chi connectivity index (χ2n) is 10.1. The van der Waals surface area contributed by atoms with E-state index in [9.17, 15) is 18.0 Å². The molecule has 212 valence electrons. The van der Waals surface area contributed by atoms with E-state index in [1.165, 1.54) is 11.2 Å². The summed E-state index contributed by atoms with van der Waals surface area (Å²) in [5.74, 6) is -0.196. The number of benzene rings is 2. The summed E-state index contributed by atoms with van der Waals surface area (Å²) in [6, 6.07) is 13.9. The zero-order valence-corrected chi connectivity index (χ0v) is 23.2. The number of carbonyl (C=O) groups excluding carboxylic acids is 2. The van der Waals surface area contributed by atoms with Crippen molar-refractivity contribution in [1.29, 1.82) is 0 Å². The Kier molecular flexibility index (Phi) is 8.22. The highest BCUT2D eigenvalue weighted by atomic mass is 32.2. The van der Waals surface area contributed by atoms with Crippen LogP contribution in [0.2, 0.25) is 0 Å². The summed E-state index contributed by atoms with van der Waals surface area (Å²) >= 11 is 0. The number of fused-ring (bicyclic) bond motifs is 1. The Morgan fingerprint density at radius 1 is 1.12 bits per heavy atom. The lowest BCUT2D eigenvalue weighted by molar-refractivity contribution is -0.119. The van der Waals surface area contributed by atoms with Gasteiger partial charge in [0.15, 0.2) is 0 Å². The maximum absolute atomic E-state index is 13.9. The van der Waals surface area contributed by atoms with E-state index in [4.69, 9.17) is 5.73 Å². The van der Waals surface area contributed by atoms with Crippen molar-refractivity contribution >= 4 is 33.3 Å².